The number of aryl methyl sites for hydroxylation is 2. The number of cyclic esters (lactones) is 1. The molecule has 1 atom stereocenters. The average Bonchev–Trinajstić information content (AvgIpc) is 2.75. The first-order valence-electron chi connectivity index (χ1n) is 6.54. The van der Waals surface area contributed by atoms with Crippen LogP contribution in [0.15, 0.2) is 12.1 Å². The Hall–Kier alpha value is -1.55. The Morgan fingerprint density at radius 1 is 1.37 bits per heavy atom. The summed E-state index contributed by atoms with van der Waals surface area (Å²) >= 11 is 0. The van der Waals surface area contributed by atoms with E-state index in [0.717, 1.165) is 29.8 Å². The van der Waals surface area contributed by atoms with E-state index in [0.29, 0.717) is 6.61 Å². The Bertz CT molecular complexity index is 461. The van der Waals surface area contributed by atoms with Crippen LogP contribution in [0.2, 0.25) is 0 Å². The number of carbonyl (C=O) groups is 1. The fraction of sp³-hybridized carbons (Fsp3) is 0.533. The fourth-order valence-corrected chi connectivity index (χ4v) is 2.74. The summed E-state index contributed by atoms with van der Waals surface area (Å²) < 4.78 is 10.4. The maximum Gasteiger partial charge on any atom is 0.323 e. The summed E-state index contributed by atoms with van der Waals surface area (Å²) in [6, 6.07) is 4.12. The molecule has 0 bridgehead atoms. The molecule has 0 aliphatic carbocycles. The molecule has 1 aliphatic rings. The first-order valence-corrected chi connectivity index (χ1v) is 6.54. The summed E-state index contributed by atoms with van der Waals surface area (Å²) in [5.41, 5.74) is 3.44. The van der Waals surface area contributed by atoms with Gasteiger partial charge in [-0.1, -0.05) is 12.1 Å². The smallest absolute Gasteiger partial charge is 0.323 e. The predicted octanol–water partition coefficient (Wildman–Crippen LogP) is 2.06. The highest BCUT2D eigenvalue weighted by molar-refractivity contribution is 5.77. The van der Waals surface area contributed by atoms with Crippen molar-refractivity contribution in [3.8, 4) is 5.75 Å². The maximum atomic E-state index is 11.6. The number of hydrogen-bond donors (Lipinski definition) is 0. The third-order valence-corrected chi connectivity index (χ3v) is 3.60. The van der Waals surface area contributed by atoms with Crippen LogP contribution in [0.5, 0.6) is 5.75 Å². The Morgan fingerprint density at radius 3 is 2.47 bits per heavy atom. The number of esters is 1. The third kappa shape index (κ3) is 2.89. The number of nitrogens with zero attached hydrogens (tertiary/aromatic N) is 1. The summed E-state index contributed by atoms with van der Waals surface area (Å²) in [6.07, 6.45) is 0.781. The minimum atomic E-state index is -0.109. The van der Waals surface area contributed by atoms with Crippen LogP contribution < -0.4 is 4.74 Å². The van der Waals surface area contributed by atoms with Gasteiger partial charge in [-0.25, -0.2) is 0 Å². The monoisotopic (exact) mass is 263 g/mol. The van der Waals surface area contributed by atoms with Gasteiger partial charge in [-0.3, -0.25) is 9.69 Å². The largest absolute Gasteiger partial charge is 0.496 e. The number of carbonyl (C=O) groups excluding carboxylic acids is 1. The van der Waals surface area contributed by atoms with Gasteiger partial charge in [-0.15, -0.1) is 0 Å². The lowest BCUT2D eigenvalue weighted by Gasteiger charge is -2.22. The summed E-state index contributed by atoms with van der Waals surface area (Å²) in [5.74, 6) is 0.830. The van der Waals surface area contributed by atoms with Crippen molar-refractivity contribution in [1.29, 1.82) is 0 Å². The molecule has 1 aromatic carbocycles. The van der Waals surface area contributed by atoms with Crippen LogP contribution in [0.4, 0.5) is 0 Å². The second kappa shape index (κ2) is 5.61. The molecular weight excluding hydrogens is 242 g/mol. The van der Waals surface area contributed by atoms with Gasteiger partial charge in [0.15, 0.2) is 0 Å². The van der Waals surface area contributed by atoms with Gasteiger partial charge >= 0.3 is 5.97 Å². The molecule has 1 unspecified atom stereocenters. The van der Waals surface area contributed by atoms with E-state index in [1.807, 2.05) is 20.9 Å². The van der Waals surface area contributed by atoms with Crippen LogP contribution in [-0.4, -0.2) is 37.7 Å². The molecule has 2 rings (SSSR count). The van der Waals surface area contributed by atoms with Crippen LogP contribution in [0.25, 0.3) is 0 Å². The molecule has 4 heteroatoms. The van der Waals surface area contributed by atoms with E-state index in [2.05, 4.69) is 17.0 Å². The highest BCUT2D eigenvalue weighted by atomic mass is 16.5. The molecule has 104 valence electrons. The van der Waals surface area contributed by atoms with Crippen molar-refractivity contribution in [3.63, 3.8) is 0 Å². The van der Waals surface area contributed by atoms with E-state index < -0.39 is 0 Å². The molecule has 1 aliphatic heterocycles. The van der Waals surface area contributed by atoms with Gasteiger partial charge in [0.25, 0.3) is 0 Å². The number of likely N-dealkylation sites (N-methyl/N-ethyl adjacent to an activating group) is 1. The standard InChI is InChI=1S/C15H21NO3/c1-10-7-12(8-11(2)14(10)18-4)9-16(3)13-5-6-19-15(13)17/h7-8,13H,5-6,9H2,1-4H3. The summed E-state index contributed by atoms with van der Waals surface area (Å²) in [4.78, 5) is 13.6. The van der Waals surface area contributed by atoms with E-state index in [9.17, 15) is 4.79 Å². The lowest BCUT2D eigenvalue weighted by atomic mass is 10.0. The normalized spacial score (nSPS) is 18.8. The summed E-state index contributed by atoms with van der Waals surface area (Å²) in [5, 5.41) is 0. The number of rotatable bonds is 4. The predicted molar refractivity (Wildman–Crippen MR) is 73.3 cm³/mol. The topological polar surface area (TPSA) is 38.8 Å². The van der Waals surface area contributed by atoms with Crippen molar-refractivity contribution in [2.45, 2.75) is 32.9 Å². The van der Waals surface area contributed by atoms with Crippen molar-refractivity contribution < 1.29 is 14.3 Å². The number of benzene rings is 1. The quantitative estimate of drug-likeness (QED) is 0.779. The van der Waals surface area contributed by atoms with Crippen molar-refractivity contribution >= 4 is 5.97 Å². The Balaban J connectivity index is 2.13. The zero-order chi connectivity index (χ0) is 14.0. The molecule has 0 N–H and O–H groups in total. The molecule has 0 saturated carbocycles. The molecule has 1 aromatic rings. The molecule has 1 heterocycles. The molecule has 4 nitrogen and oxygen atoms in total. The van der Waals surface area contributed by atoms with Gasteiger partial charge in [0, 0.05) is 13.0 Å². The number of hydrogen-bond acceptors (Lipinski definition) is 4. The zero-order valence-electron chi connectivity index (χ0n) is 12.0. The second-order valence-electron chi connectivity index (χ2n) is 5.15. The van der Waals surface area contributed by atoms with Gasteiger partial charge in [0.05, 0.1) is 13.7 Å². The first kappa shape index (κ1) is 13.9. The zero-order valence-corrected chi connectivity index (χ0v) is 12.0. The molecular formula is C15H21NO3. The Morgan fingerprint density at radius 2 is 2.00 bits per heavy atom. The lowest BCUT2D eigenvalue weighted by molar-refractivity contribution is -0.142. The maximum absolute atomic E-state index is 11.6. The van der Waals surface area contributed by atoms with Crippen molar-refractivity contribution in [2.75, 3.05) is 20.8 Å². The number of ether oxygens (including phenoxy) is 2. The van der Waals surface area contributed by atoms with Crippen molar-refractivity contribution in [3.05, 3.63) is 28.8 Å². The highest BCUT2D eigenvalue weighted by Gasteiger charge is 2.30. The van der Waals surface area contributed by atoms with Crippen molar-refractivity contribution in [1.82, 2.24) is 4.90 Å². The van der Waals surface area contributed by atoms with Crippen molar-refractivity contribution in [2.24, 2.45) is 0 Å². The molecule has 0 spiro atoms. The van der Waals surface area contributed by atoms with Gasteiger partial charge in [-0.05, 0) is 37.6 Å². The van der Waals surface area contributed by atoms with Gasteiger partial charge in [0.2, 0.25) is 0 Å². The highest BCUT2D eigenvalue weighted by Crippen LogP contribution is 2.25. The second-order valence-corrected chi connectivity index (χ2v) is 5.15. The van der Waals surface area contributed by atoms with Gasteiger partial charge in [-0.2, -0.15) is 0 Å². The summed E-state index contributed by atoms with van der Waals surface area (Å²) in [7, 11) is 3.65. The minimum Gasteiger partial charge on any atom is -0.496 e. The molecule has 0 amide bonds. The van der Waals surface area contributed by atoms with E-state index in [1.54, 1.807) is 7.11 Å². The van der Waals surface area contributed by atoms with Crippen LogP contribution in [-0.2, 0) is 16.1 Å². The summed E-state index contributed by atoms with van der Waals surface area (Å²) in [6.45, 7) is 5.36. The van der Waals surface area contributed by atoms with E-state index in [-0.39, 0.29) is 12.0 Å². The van der Waals surface area contributed by atoms with E-state index in [4.69, 9.17) is 9.47 Å². The SMILES string of the molecule is COc1c(C)cc(CN(C)C2CCOC2=O)cc1C. The Kier molecular flexibility index (Phi) is 4.10. The molecule has 0 aromatic heterocycles. The lowest BCUT2D eigenvalue weighted by Crippen LogP contribution is -2.34. The molecule has 0 radical (unpaired) electrons. The van der Waals surface area contributed by atoms with E-state index >= 15 is 0 Å². The van der Waals surface area contributed by atoms with Crippen LogP contribution in [0.1, 0.15) is 23.1 Å². The minimum absolute atomic E-state index is 0.107. The van der Waals surface area contributed by atoms with Gasteiger partial charge in [0.1, 0.15) is 11.8 Å². The molecule has 19 heavy (non-hydrogen) atoms. The Labute approximate surface area is 114 Å². The van der Waals surface area contributed by atoms with Crippen LogP contribution in [0.3, 0.4) is 0 Å². The van der Waals surface area contributed by atoms with Crippen LogP contribution in [0, 0.1) is 13.8 Å². The van der Waals surface area contributed by atoms with Crippen LogP contribution >= 0.6 is 0 Å². The first-order chi connectivity index (χ1) is 9.02. The average molecular weight is 263 g/mol. The fourth-order valence-electron chi connectivity index (χ4n) is 2.74. The number of methoxy groups -OCH3 is 1. The van der Waals surface area contributed by atoms with Gasteiger partial charge < -0.3 is 9.47 Å². The molecule has 1 saturated heterocycles. The molecule has 1 fully saturated rings. The third-order valence-electron chi connectivity index (χ3n) is 3.60. The van der Waals surface area contributed by atoms with E-state index in [1.165, 1.54) is 5.56 Å².